The standard InChI is InChI=1S/C17H17BrN2Si/c1-21(14-20-12-11-19-13-20,16-5-3-2-4-6-16)17-9-7-15(18)8-10-17/h2-13H,14H2,1H3. The van der Waals surface area contributed by atoms with Gasteiger partial charge in [-0.05, 0) is 12.1 Å². The van der Waals surface area contributed by atoms with Gasteiger partial charge in [-0.25, -0.2) is 4.98 Å². The third-order valence-electron chi connectivity index (χ3n) is 3.95. The highest BCUT2D eigenvalue weighted by Gasteiger charge is 2.32. The molecule has 0 radical (unpaired) electrons. The fraction of sp³-hybridized carbons (Fsp3) is 0.118. The van der Waals surface area contributed by atoms with Crippen LogP contribution in [0.1, 0.15) is 0 Å². The number of benzene rings is 2. The molecule has 3 rings (SSSR count). The average Bonchev–Trinajstić information content (AvgIpc) is 3.01. The lowest BCUT2D eigenvalue weighted by Gasteiger charge is -2.29. The van der Waals surface area contributed by atoms with Gasteiger partial charge in [-0.15, -0.1) is 0 Å². The summed E-state index contributed by atoms with van der Waals surface area (Å²) in [6.45, 7) is 2.42. The fourth-order valence-corrected chi connectivity index (χ4v) is 6.43. The second-order valence-corrected chi connectivity index (χ2v) is 10.5. The van der Waals surface area contributed by atoms with Crippen LogP contribution in [0.25, 0.3) is 0 Å². The van der Waals surface area contributed by atoms with Crippen LogP contribution in [-0.4, -0.2) is 17.6 Å². The molecule has 2 nitrogen and oxygen atoms in total. The summed E-state index contributed by atoms with van der Waals surface area (Å²) < 4.78 is 3.32. The number of hydrogen-bond donors (Lipinski definition) is 0. The molecular weight excluding hydrogens is 340 g/mol. The summed E-state index contributed by atoms with van der Waals surface area (Å²) in [4.78, 5) is 4.19. The van der Waals surface area contributed by atoms with Crippen LogP contribution in [-0.2, 0) is 6.17 Å². The van der Waals surface area contributed by atoms with Crippen molar-refractivity contribution in [2.45, 2.75) is 12.7 Å². The molecule has 3 aromatic rings. The van der Waals surface area contributed by atoms with Gasteiger partial charge >= 0.3 is 0 Å². The van der Waals surface area contributed by atoms with Crippen LogP contribution in [0.4, 0.5) is 0 Å². The van der Waals surface area contributed by atoms with Crippen molar-refractivity contribution < 1.29 is 0 Å². The quantitative estimate of drug-likeness (QED) is 0.656. The molecule has 0 fully saturated rings. The zero-order valence-corrected chi connectivity index (χ0v) is 14.5. The van der Waals surface area contributed by atoms with Crippen molar-refractivity contribution >= 4 is 34.4 Å². The first-order chi connectivity index (χ1) is 10.2. The van der Waals surface area contributed by atoms with Gasteiger partial charge in [0.15, 0.2) is 0 Å². The highest BCUT2D eigenvalue weighted by Crippen LogP contribution is 2.12. The second kappa shape index (κ2) is 5.99. The van der Waals surface area contributed by atoms with Crippen LogP contribution in [0, 0.1) is 0 Å². The molecule has 0 aliphatic heterocycles. The molecule has 0 aliphatic rings. The number of aromatic nitrogens is 2. The maximum absolute atomic E-state index is 4.19. The van der Waals surface area contributed by atoms with E-state index in [1.165, 1.54) is 10.4 Å². The van der Waals surface area contributed by atoms with Crippen molar-refractivity contribution in [2.24, 2.45) is 0 Å². The summed E-state index contributed by atoms with van der Waals surface area (Å²) in [6, 6.07) is 19.6. The maximum Gasteiger partial charge on any atom is 0.135 e. The first kappa shape index (κ1) is 14.3. The van der Waals surface area contributed by atoms with Gasteiger partial charge in [0.1, 0.15) is 8.07 Å². The summed E-state index contributed by atoms with van der Waals surface area (Å²) in [6.07, 6.45) is 6.81. The Balaban J connectivity index is 2.08. The lowest BCUT2D eigenvalue weighted by molar-refractivity contribution is 0.858. The van der Waals surface area contributed by atoms with Gasteiger partial charge in [0.25, 0.3) is 0 Å². The van der Waals surface area contributed by atoms with Gasteiger partial charge in [0.05, 0.1) is 6.33 Å². The maximum atomic E-state index is 4.19. The molecule has 1 atom stereocenters. The lowest BCUT2D eigenvalue weighted by atomic mass is 10.4. The normalized spacial score (nSPS) is 13.8. The first-order valence-electron chi connectivity index (χ1n) is 6.96. The van der Waals surface area contributed by atoms with Gasteiger partial charge in [0.2, 0.25) is 0 Å². The minimum atomic E-state index is -1.83. The van der Waals surface area contributed by atoms with Crippen LogP contribution < -0.4 is 10.4 Å². The van der Waals surface area contributed by atoms with Crippen molar-refractivity contribution in [3.8, 4) is 0 Å². The van der Waals surface area contributed by atoms with Gasteiger partial charge < -0.3 is 4.57 Å². The van der Waals surface area contributed by atoms with Crippen molar-refractivity contribution in [3.05, 3.63) is 77.8 Å². The summed E-state index contributed by atoms with van der Waals surface area (Å²) >= 11 is 3.53. The van der Waals surface area contributed by atoms with E-state index in [2.05, 4.69) is 86.6 Å². The van der Waals surface area contributed by atoms with Crippen LogP contribution in [0.2, 0.25) is 6.55 Å². The predicted octanol–water partition coefficient (Wildman–Crippen LogP) is 3.08. The Bertz CT molecular complexity index is 695. The Morgan fingerprint density at radius 2 is 1.67 bits per heavy atom. The third kappa shape index (κ3) is 3.01. The van der Waals surface area contributed by atoms with Gasteiger partial charge in [-0.1, -0.05) is 75.3 Å². The monoisotopic (exact) mass is 356 g/mol. The third-order valence-corrected chi connectivity index (χ3v) is 8.69. The van der Waals surface area contributed by atoms with Crippen molar-refractivity contribution in [3.63, 3.8) is 0 Å². The van der Waals surface area contributed by atoms with E-state index in [1.54, 1.807) is 0 Å². The molecule has 4 heteroatoms. The Morgan fingerprint density at radius 1 is 1.00 bits per heavy atom. The molecule has 0 saturated heterocycles. The molecule has 21 heavy (non-hydrogen) atoms. The molecule has 0 bridgehead atoms. The lowest BCUT2D eigenvalue weighted by Crippen LogP contribution is -2.58. The second-order valence-electron chi connectivity index (χ2n) is 5.44. The van der Waals surface area contributed by atoms with Gasteiger partial charge in [-0.3, -0.25) is 0 Å². The first-order valence-corrected chi connectivity index (χ1v) is 10.5. The molecule has 0 amide bonds. The van der Waals surface area contributed by atoms with Crippen molar-refractivity contribution in [2.75, 3.05) is 0 Å². The molecule has 1 unspecified atom stereocenters. The summed E-state index contributed by atoms with van der Waals surface area (Å²) in [5.41, 5.74) is 0. The van der Waals surface area contributed by atoms with Gasteiger partial charge in [-0.2, -0.15) is 0 Å². The predicted molar refractivity (Wildman–Crippen MR) is 93.7 cm³/mol. The largest absolute Gasteiger partial charge is 0.340 e. The minimum absolute atomic E-state index is 0.999. The molecule has 1 heterocycles. The van der Waals surface area contributed by atoms with E-state index < -0.39 is 8.07 Å². The molecule has 2 aromatic carbocycles. The zero-order chi connectivity index (χ0) is 14.7. The number of halogens is 1. The highest BCUT2D eigenvalue weighted by molar-refractivity contribution is 9.10. The smallest absolute Gasteiger partial charge is 0.135 e. The van der Waals surface area contributed by atoms with E-state index in [-0.39, 0.29) is 0 Å². The Labute approximate surface area is 134 Å². The summed E-state index contributed by atoms with van der Waals surface area (Å²) in [5.74, 6) is 0. The van der Waals surface area contributed by atoms with E-state index in [1.807, 2.05) is 18.7 Å². The summed E-state index contributed by atoms with van der Waals surface area (Å²) in [5, 5.41) is 2.88. The molecular formula is C17H17BrN2Si. The Hall–Kier alpha value is -1.65. The fourth-order valence-electron chi connectivity index (χ4n) is 2.72. The van der Waals surface area contributed by atoms with Crippen LogP contribution >= 0.6 is 15.9 Å². The number of hydrogen-bond acceptors (Lipinski definition) is 1. The summed E-state index contributed by atoms with van der Waals surface area (Å²) in [7, 11) is -1.83. The van der Waals surface area contributed by atoms with E-state index in [0.717, 1.165) is 10.6 Å². The van der Waals surface area contributed by atoms with Crippen LogP contribution in [0.3, 0.4) is 0 Å². The van der Waals surface area contributed by atoms with E-state index >= 15 is 0 Å². The SMILES string of the molecule is C[Si](Cn1ccnc1)(c1ccccc1)c1ccc(Br)cc1. The average molecular weight is 357 g/mol. The topological polar surface area (TPSA) is 17.8 Å². The minimum Gasteiger partial charge on any atom is -0.340 e. The molecule has 106 valence electrons. The Morgan fingerprint density at radius 3 is 2.29 bits per heavy atom. The molecule has 1 aromatic heterocycles. The number of imidazole rings is 1. The number of rotatable bonds is 4. The van der Waals surface area contributed by atoms with Crippen molar-refractivity contribution in [1.29, 1.82) is 0 Å². The van der Waals surface area contributed by atoms with Crippen LogP contribution in [0.15, 0.2) is 77.8 Å². The molecule has 0 N–H and O–H groups in total. The van der Waals surface area contributed by atoms with Crippen molar-refractivity contribution in [1.82, 2.24) is 9.55 Å². The zero-order valence-electron chi connectivity index (χ0n) is 11.9. The van der Waals surface area contributed by atoms with Gasteiger partial charge in [0, 0.05) is 23.0 Å². The molecule has 0 saturated carbocycles. The highest BCUT2D eigenvalue weighted by atomic mass is 79.9. The van der Waals surface area contributed by atoms with E-state index in [4.69, 9.17) is 0 Å². The van der Waals surface area contributed by atoms with Crippen LogP contribution in [0.5, 0.6) is 0 Å². The molecule has 0 aliphatic carbocycles. The number of nitrogens with zero attached hydrogens (tertiary/aromatic N) is 2. The Kier molecular flexibility index (Phi) is 4.08. The van der Waals surface area contributed by atoms with E-state index in [9.17, 15) is 0 Å². The molecule has 0 spiro atoms. The van der Waals surface area contributed by atoms with E-state index in [0.29, 0.717) is 0 Å².